The van der Waals surface area contributed by atoms with Gasteiger partial charge in [0, 0.05) is 6.42 Å². The van der Waals surface area contributed by atoms with E-state index in [-0.39, 0.29) is 11.7 Å². The van der Waals surface area contributed by atoms with E-state index in [0.717, 1.165) is 25.2 Å². The second-order valence-corrected chi connectivity index (χ2v) is 5.69. The first kappa shape index (κ1) is 12.4. The van der Waals surface area contributed by atoms with Crippen LogP contribution in [0.4, 0.5) is 0 Å². The largest absolute Gasteiger partial charge is 0.465 e. The second kappa shape index (κ2) is 5.09. The van der Waals surface area contributed by atoms with Crippen molar-refractivity contribution in [1.82, 2.24) is 0 Å². The van der Waals surface area contributed by atoms with Crippen LogP contribution in [0.25, 0.3) is 0 Å². The van der Waals surface area contributed by atoms with Gasteiger partial charge in [0.25, 0.3) is 0 Å². The van der Waals surface area contributed by atoms with Crippen molar-refractivity contribution in [2.24, 2.45) is 0 Å². The van der Waals surface area contributed by atoms with Crippen molar-refractivity contribution in [1.29, 1.82) is 0 Å². The second-order valence-electron chi connectivity index (χ2n) is 5.69. The summed E-state index contributed by atoms with van der Waals surface area (Å²) in [7, 11) is 0. The van der Waals surface area contributed by atoms with Gasteiger partial charge in [-0.2, -0.15) is 0 Å². The van der Waals surface area contributed by atoms with Gasteiger partial charge in [-0.3, -0.25) is 0 Å². The molecule has 2 heteroatoms. The average molecular weight is 234 g/mol. The Hall–Kier alpha value is -1.02. The molecule has 0 N–H and O–H groups in total. The number of hydrogen-bond acceptors (Lipinski definition) is 2. The molecule has 0 spiro atoms. The van der Waals surface area contributed by atoms with Crippen molar-refractivity contribution in [3.63, 3.8) is 0 Å². The monoisotopic (exact) mass is 234 g/mol. The summed E-state index contributed by atoms with van der Waals surface area (Å²) in [4.78, 5) is 0. The Morgan fingerprint density at radius 1 is 1.12 bits per heavy atom. The summed E-state index contributed by atoms with van der Waals surface area (Å²) >= 11 is 0. The lowest BCUT2D eigenvalue weighted by atomic mass is 9.87. The summed E-state index contributed by atoms with van der Waals surface area (Å²) in [5.74, 6) is 0.907. The van der Waals surface area contributed by atoms with Crippen molar-refractivity contribution in [3.8, 4) is 5.75 Å². The number of rotatable bonds is 2. The zero-order valence-electron chi connectivity index (χ0n) is 11.0. The third kappa shape index (κ3) is 3.47. The first-order chi connectivity index (χ1) is 8.05. The lowest BCUT2D eigenvalue weighted by Gasteiger charge is -2.24. The third-order valence-corrected chi connectivity index (χ3v) is 3.13. The Kier molecular flexibility index (Phi) is 3.72. The lowest BCUT2D eigenvalue weighted by Crippen LogP contribution is -2.25. The molecule has 1 saturated heterocycles. The molecule has 1 atom stereocenters. The Balaban J connectivity index is 1.98. The predicted molar refractivity (Wildman–Crippen MR) is 69.4 cm³/mol. The molecule has 0 bridgehead atoms. The smallest absolute Gasteiger partial charge is 0.199 e. The van der Waals surface area contributed by atoms with Crippen LogP contribution < -0.4 is 4.74 Å². The first-order valence-corrected chi connectivity index (χ1v) is 6.44. The highest BCUT2D eigenvalue weighted by Crippen LogP contribution is 2.25. The molecule has 0 amide bonds. The molecule has 1 aliphatic heterocycles. The van der Waals surface area contributed by atoms with E-state index in [9.17, 15) is 0 Å². The van der Waals surface area contributed by atoms with E-state index in [1.54, 1.807) is 0 Å². The molecule has 1 fully saturated rings. The van der Waals surface area contributed by atoms with Crippen LogP contribution in [0.5, 0.6) is 5.75 Å². The molecule has 1 heterocycles. The summed E-state index contributed by atoms with van der Waals surface area (Å²) in [6, 6.07) is 8.35. The quantitative estimate of drug-likeness (QED) is 0.773. The number of hydrogen-bond donors (Lipinski definition) is 0. The standard InChI is InChI=1S/C15H22O2/c1-15(2,3)12-7-9-13(10-8-12)17-14-6-4-5-11-16-14/h7-10,14H,4-6,11H2,1-3H3. The van der Waals surface area contributed by atoms with Crippen LogP contribution in [0.15, 0.2) is 24.3 Å². The van der Waals surface area contributed by atoms with Crippen LogP contribution in [-0.2, 0) is 10.2 Å². The van der Waals surface area contributed by atoms with Gasteiger partial charge in [0.1, 0.15) is 5.75 Å². The van der Waals surface area contributed by atoms with Crippen LogP contribution in [0.3, 0.4) is 0 Å². The fourth-order valence-electron chi connectivity index (χ4n) is 1.99. The minimum atomic E-state index is -0.0516. The van der Waals surface area contributed by atoms with Crippen LogP contribution in [-0.4, -0.2) is 12.9 Å². The van der Waals surface area contributed by atoms with E-state index >= 15 is 0 Å². The van der Waals surface area contributed by atoms with Crippen LogP contribution in [0.1, 0.15) is 45.6 Å². The Morgan fingerprint density at radius 2 is 1.82 bits per heavy atom. The maximum Gasteiger partial charge on any atom is 0.199 e. The van der Waals surface area contributed by atoms with Crippen molar-refractivity contribution < 1.29 is 9.47 Å². The first-order valence-electron chi connectivity index (χ1n) is 6.44. The van der Waals surface area contributed by atoms with Gasteiger partial charge in [0.05, 0.1) is 6.61 Å². The van der Waals surface area contributed by atoms with E-state index in [1.807, 2.05) is 12.1 Å². The molecule has 0 aliphatic carbocycles. The molecule has 17 heavy (non-hydrogen) atoms. The summed E-state index contributed by atoms with van der Waals surface area (Å²) in [6.07, 6.45) is 3.30. The van der Waals surface area contributed by atoms with Crippen LogP contribution in [0.2, 0.25) is 0 Å². The molecule has 2 rings (SSSR count). The zero-order valence-corrected chi connectivity index (χ0v) is 11.0. The molecule has 0 aromatic heterocycles. The summed E-state index contributed by atoms with van der Waals surface area (Å²) in [5, 5.41) is 0. The summed E-state index contributed by atoms with van der Waals surface area (Å²) < 4.78 is 11.4. The molecule has 1 aromatic rings. The molecule has 94 valence electrons. The van der Waals surface area contributed by atoms with Crippen LogP contribution >= 0.6 is 0 Å². The maximum atomic E-state index is 5.80. The van der Waals surface area contributed by atoms with E-state index < -0.39 is 0 Å². The molecule has 2 nitrogen and oxygen atoms in total. The Morgan fingerprint density at radius 3 is 2.35 bits per heavy atom. The molecule has 1 unspecified atom stereocenters. The number of benzene rings is 1. The van der Waals surface area contributed by atoms with Gasteiger partial charge in [-0.1, -0.05) is 32.9 Å². The van der Waals surface area contributed by atoms with E-state index in [1.165, 1.54) is 12.0 Å². The average Bonchev–Trinajstić information content (AvgIpc) is 2.30. The normalized spacial score (nSPS) is 21.2. The molecular formula is C15H22O2. The Bertz CT molecular complexity index is 342. The van der Waals surface area contributed by atoms with Crippen molar-refractivity contribution >= 4 is 0 Å². The molecular weight excluding hydrogens is 212 g/mol. The summed E-state index contributed by atoms with van der Waals surface area (Å²) in [6.45, 7) is 7.47. The molecule has 1 aromatic carbocycles. The molecule has 0 radical (unpaired) electrons. The third-order valence-electron chi connectivity index (χ3n) is 3.13. The van der Waals surface area contributed by atoms with E-state index in [4.69, 9.17) is 9.47 Å². The van der Waals surface area contributed by atoms with Gasteiger partial charge >= 0.3 is 0 Å². The summed E-state index contributed by atoms with van der Waals surface area (Å²) in [5.41, 5.74) is 1.52. The minimum Gasteiger partial charge on any atom is -0.465 e. The highest BCUT2D eigenvalue weighted by Gasteiger charge is 2.16. The SMILES string of the molecule is CC(C)(C)c1ccc(OC2CCCCO2)cc1. The highest BCUT2D eigenvalue weighted by atomic mass is 16.7. The fraction of sp³-hybridized carbons (Fsp3) is 0.600. The number of ether oxygens (including phenoxy) is 2. The zero-order chi connectivity index (χ0) is 12.3. The lowest BCUT2D eigenvalue weighted by molar-refractivity contribution is -0.105. The van der Waals surface area contributed by atoms with Gasteiger partial charge in [0.15, 0.2) is 6.29 Å². The van der Waals surface area contributed by atoms with Crippen LogP contribution in [0, 0.1) is 0 Å². The highest BCUT2D eigenvalue weighted by molar-refractivity contribution is 5.31. The molecule has 0 saturated carbocycles. The van der Waals surface area contributed by atoms with Gasteiger partial charge in [-0.25, -0.2) is 0 Å². The predicted octanol–water partition coefficient (Wildman–Crippen LogP) is 3.89. The van der Waals surface area contributed by atoms with Gasteiger partial charge in [-0.05, 0) is 36.0 Å². The molecule has 1 aliphatic rings. The van der Waals surface area contributed by atoms with Crippen molar-refractivity contribution in [2.75, 3.05) is 6.61 Å². The van der Waals surface area contributed by atoms with Gasteiger partial charge < -0.3 is 9.47 Å². The van der Waals surface area contributed by atoms with Gasteiger partial charge in [0.2, 0.25) is 0 Å². The minimum absolute atomic E-state index is 0.0516. The van der Waals surface area contributed by atoms with Gasteiger partial charge in [-0.15, -0.1) is 0 Å². The van der Waals surface area contributed by atoms with Crippen molar-refractivity contribution in [2.45, 2.75) is 51.7 Å². The topological polar surface area (TPSA) is 18.5 Å². The van der Waals surface area contributed by atoms with E-state index in [0.29, 0.717) is 0 Å². The van der Waals surface area contributed by atoms with Crippen molar-refractivity contribution in [3.05, 3.63) is 29.8 Å². The maximum absolute atomic E-state index is 5.80. The fourth-order valence-corrected chi connectivity index (χ4v) is 1.99. The Labute approximate surface area is 104 Å². The van der Waals surface area contributed by atoms with E-state index in [2.05, 4.69) is 32.9 Å².